The van der Waals surface area contributed by atoms with Gasteiger partial charge in [0.25, 0.3) is 5.22 Å². The van der Waals surface area contributed by atoms with Crippen LogP contribution in [0, 0.1) is 0 Å². The molecule has 1 aromatic heterocycles. The summed E-state index contributed by atoms with van der Waals surface area (Å²) >= 11 is 10.1. The molecule has 0 fully saturated rings. The molecule has 29 heavy (non-hydrogen) atoms. The number of methoxy groups -OCH3 is 2. The number of ether oxygens (including phenoxy) is 2. The highest BCUT2D eigenvalue weighted by atomic mass is 79.9. The van der Waals surface area contributed by atoms with Crippen molar-refractivity contribution in [3.05, 3.63) is 56.4 Å². The van der Waals surface area contributed by atoms with E-state index in [1.807, 2.05) is 0 Å². The summed E-state index contributed by atoms with van der Waals surface area (Å²) in [5.74, 6) is 0.110. The predicted molar refractivity (Wildman–Crippen MR) is 113 cm³/mol. The van der Waals surface area contributed by atoms with Crippen LogP contribution in [0.5, 0.6) is 11.5 Å². The van der Waals surface area contributed by atoms with Crippen molar-refractivity contribution in [2.75, 3.05) is 14.2 Å². The maximum Gasteiger partial charge on any atom is 0.342 e. The SMILES string of the molecule is COc1cc(/C=C(\Sc2nnc(-c3ccc(Cl)cc3)o2)C(=O)O)cc(Br)c1OC. The summed E-state index contributed by atoms with van der Waals surface area (Å²) in [6.07, 6.45) is 1.48. The van der Waals surface area contributed by atoms with Gasteiger partial charge in [0.1, 0.15) is 4.91 Å². The number of aromatic nitrogens is 2. The Hall–Kier alpha value is -2.49. The topological polar surface area (TPSA) is 94.7 Å². The molecule has 2 aromatic carbocycles. The zero-order valence-electron chi connectivity index (χ0n) is 15.2. The largest absolute Gasteiger partial charge is 0.493 e. The Labute approximate surface area is 183 Å². The van der Waals surface area contributed by atoms with Crippen LogP contribution in [0.25, 0.3) is 17.5 Å². The molecule has 0 aliphatic carbocycles. The number of nitrogens with zero attached hydrogens (tertiary/aromatic N) is 2. The molecule has 0 unspecified atom stereocenters. The molecule has 3 rings (SSSR count). The molecule has 0 saturated carbocycles. The standard InChI is InChI=1S/C19H14BrClN2O5S/c1-26-14-8-10(7-13(20)16(14)27-2)9-15(18(24)25)29-19-23-22-17(28-19)11-3-5-12(21)6-4-11/h3-9H,1-2H3,(H,24,25)/b15-9-. The molecule has 1 N–H and O–H groups in total. The summed E-state index contributed by atoms with van der Waals surface area (Å²) in [6.45, 7) is 0. The number of carboxylic acids is 1. The molecule has 0 saturated heterocycles. The minimum atomic E-state index is -1.13. The van der Waals surface area contributed by atoms with E-state index in [0.717, 1.165) is 11.8 Å². The van der Waals surface area contributed by atoms with Gasteiger partial charge >= 0.3 is 5.97 Å². The summed E-state index contributed by atoms with van der Waals surface area (Å²) in [5, 5.41) is 18.1. The van der Waals surface area contributed by atoms with E-state index in [2.05, 4.69) is 26.1 Å². The van der Waals surface area contributed by atoms with Crippen molar-refractivity contribution < 1.29 is 23.8 Å². The molecule has 0 atom stereocenters. The molecule has 0 aliphatic rings. The molecular formula is C19H14BrClN2O5S. The highest BCUT2D eigenvalue weighted by Gasteiger charge is 2.17. The molecule has 7 nitrogen and oxygen atoms in total. The number of benzene rings is 2. The van der Waals surface area contributed by atoms with Gasteiger partial charge in [0.05, 0.1) is 18.7 Å². The summed E-state index contributed by atoms with van der Waals surface area (Å²) < 4.78 is 16.8. The normalized spacial score (nSPS) is 11.4. The number of carbonyl (C=O) groups is 1. The van der Waals surface area contributed by atoms with Gasteiger partial charge in [0.15, 0.2) is 11.5 Å². The van der Waals surface area contributed by atoms with Crippen molar-refractivity contribution in [2.24, 2.45) is 0 Å². The van der Waals surface area contributed by atoms with E-state index >= 15 is 0 Å². The van der Waals surface area contributed by atoms with Gasteiger partial charge in [-0.3, -0.25) is 0 Å². The van der Waals surface area contributed by atoms with Crippen molar-refractivity contribution in [2.45, 2.75) is 5.22 Å². The summed E-state index contributed by atoms with van der Waals surface area (Å²) in [4.78, 5) is 11.7. The van der Waals surface area contributed by atoms with Crippen molar-refractivity contribution in [1.29, 1.82) is 0 Å². The lowest BCUT2D eigenvalue weighted by atomic mass is 10.2. The smallest absolute Gasteiger partial charge is 0.342 e. The molecular weight excluding hydrogens is 484 g/mol. The van der Waals surface area contributed by atoms with Gasteiger partial charge in [0, 0.05) is 10.6 Å². The van der Waals surface area contributed by atoms with Crippen LogP contribution in [-0.2, 0) is 4.79 Å². The van der Waals surface area contributed by atoms with Crippen LogP contribution in [0.3, 0.4) is 0 Å². The third-order valence-electron chi connectivity index (χ3n) is 3.66. The summed E-state index contributed by atoms with van der Waals surface area (Å²) in [5.41, 5.74) is 1.27. The van der Waals surface area contributed by atoms with Crippen LogP contribution in [0.1, 0.15) is 5.56 Å². The Bertz CT molecular complexity index is 1070. The Morgan fingerprint density at radius 3 is 2.55 bits per heavy atom. The fourth-order valence-corrected chi connectivity index (χ4v) is 3.78. The average Bonchev–Trinajstić information content (AvgIpc) is 3.16. The molecule has 0 aliphatic heterocycles. The molecule has 10 heteroatoms. The van der Waals surface area contributed by atoms with Gasteiger partial charge in [-0.15, -0.1) is 10.2 Å². The maximum absolute atomic E-state index is 11.7. The highest BCUT2D eigenvalue weighted by Crippen LogP contribution is 2.38. The van der Waals surface area contributed by atoms with Gasteiger partial charge in [-0.25, -0.2) is 4.79 Å². The first-order valence-corrected chi connectivity index (χ1v) is 10.0. The third-order valence-corrected chi connectivity index (χ3v) is 5.35. The van der Waals surface area contributed by atoms with Crippen LogP contribution in [0.4, 0.5) is 0 Å². The average molecular weight is 498 g/mol. The number of carboxylic acid groups (broad SMARTS) is 1. The fraction of sp³-hybridized carbons (Fsp3) is 0.105. The second-order valence-corrected chi connectivity index (χ2v) is 7.82. The highest BCUT2D eigenvalue weighted by molar-refractivity contribution is 9.10. The first kappa shape index (κ1) is 21.2. The Kier molecular flexibility index (Phi) is 6.83. The van der Waals surface area contributed by atoms with Crippen molar-refractivity contribution in [3.8, 4) is 23.0 Å². The van der Waals surface area contributed by atoms with Crippen molar-refractivity contribution in [3.63, 3.8) is 0 Å². The number of hydrogen-bond donors (Lipinski definition) is 1. The van der Waals surface area contributed by atoms with Crippen LogP contribution in [0.15, 0.2) is 55.4 Å². The van der Waals surface area contributed by atoms with Crippen LogP contribution in [-0.4, -0.2) is 35.5 Å². The van der Waals surface area contributed by atoms with Crippen LogP contribution >= 0.6 is 39.3 Å². The summed E-state index contributed by atoms with van der Waals surface area (Å²) in [6, 6.07) is 10.3. The molecule has 150 valence electrons. The predicted octanol–water partition coefficient (Wildman–Crippen LogP) is 5.39. The lowest BCUT2D eigenvalue weighted by Crippen LogP contribution is -1.97. The zero-order valence-corrected chi connectivity index (χ0v) is 18.3. The molecule has 1 heterocycles. The minimum absolute atomic E-state index is 0.00424. The van der Waals surface area contributed by atoms with E-state index in [1.165, 1.54) is 20.3 Å². The third kappa shape index (κ3) is 5.11. The molecule has 0 amide bonds. The first-order chi connectivity index (χ1) is 13.9. The quantitative estimate of drug-likeness (QED) is 0.343. The Balaban J connectivity index is 1.89. The Morgan fingerprint density at radius 2 is 1.93 bits per heavy atom. The van der Waals surface area contributed by atoms with E-state index in [4.69, 9.17) is 25.5 Å². The van der Waals surface area contributed by atoms with Crippen LogP contribution in [0.2, 0.25) is 5.02 Å². The van der Waals surface area contributed by atoms with Gasteiger partial charge in [-0.2, -0.15) is 0 Å². The van der Waals surface area contributed by atoms with Gasteiger partial charge in [-0.1, -0.05) is 11.6 Å². The number of rotatable bonds is 7. The van der Waals surface area contributed by atoms with Crippen LogP contribution < -0.4 is 9.47 Å². The number of halogens is 2. The Morgan fingerprint density at radius 1 is 1.21 bits per heavy atom. The fourth-order valence-electron chi connectivity index (χ4n) is 2.36. The monoisotopic (exact) mass is 496 g/mol. The molecule has 0 bridgehead atoms. The van der Waals surface area contributed by atoms with Gasteiger partial charge < -0.3 is 19.0 Å². The van der Waals surface area contributed by atoms with E-state index in [9.17, 15) is 9.90 Å². The van der Waals surface area contributed by atoms with Crippen molar-refractivity contribution >= 4 is 51.3 Å². The van der Waals surface area contributed by atoms with Crippen molar-refractivity contribution in [1.82, 2.24) is 10.2 Å². The summed E-state index contributed by atoms with van der Waals surface area (Å²) in [7, 11) is 3.02. The molecule has 3 aromatic rings. The molecule has 0 radical (unpaired) electrons. The number of thioether (sulfide) groups is 1. The molecule has 0 spiro atoms. The number of hydrogen-bond acceptors (Lipinski definition) is 7. The maximum atomic E-state index is 11.7. The minimum Gasteiger partial charge on any atom is -0.493 e. The van der Waals surface area contributed by atoms with E-state index in [-0.39, 0.29) is 16.0 Å². The lowest BCUT2D eigenvalue weighted by molar-refractivity contribution is -0.131. The van der Waals surface area contributed by atoms with Gasteiger partial charge in [-0.05, 0) is 75.7 Å². The number of aliphatic carboxylic acids is 1. The van der Waals surface area contributed by atoms with E-state index < -0.39 is 5.97 Å². The lowest BCUT2D eigenvalue weighted by Gasteiger charge is -2.10. The second kappa shape index (κ2) is 9.34. The zero-order chi connectivity index (χ0) is 21.0. The van der Waals surface area contributed by atoms with E-state index in [1.54, 1.807) is 36.4 Å². The van der Waals surface area contributed by atoms with Gasteiger partial charge in [0.2, 0.25) is 5.89 Å². The second-order valence-electron chi connectivity index (χ2n) is 5.53. The first-order valence-electron chi connectivity index (χ1n) is 8.05. The van der Waals surface area contributed by atoms with E-state index in [0.29, 0.717) is 32.1 Å².